The number of amides is 1. The predicted octanol–water partition coefficient (Wildman–Crippen LogP) is 2.65. The number of methoxy groups -OCH3 is 1. The standard InChI is InChI=1S/C14H18N2O3S2/c1-18-7-8-19-6-3-5-15-13(17)11-10-21-14(16-11)12-4-2-9-20-12/h2,4,9-10H,3,5-8H2,1H3,(H,15,17). The van der Waals surface area contributed by atoms with Gasteiger partial charge in [0.05, 0.1) is 18.1 Å². The lowest BCUT2D eigenvalue weighted by molar-refractivity contribution is 0.0688. The quantitative estimate of drug-likeness (QED) is 0.720. The Bertz CT molecular complexity index is 540. The summed E-state index contributed by atoms with van der Waals surface area (Å²) in [6, 6.07) is 3.98. The number of thiophene rings is 1. The molecule has 2 rings (SSSR count). The van der Waals surface area contributed by atoms with E-state index in [2.05, 4.69) is 10.3 Å². The molecule has 0 saturated carbocycles. The van der Waals surface area contributed by atoms with E-state index in [1.165, 1.54) is 11.3 Å². The van der Waals surface area contributed by atoms with E-state index in [1.807, 2.05) is 17.5 Å². The first-order chi connectivity index (χ1) is 10.3. The van der Waals surface area contributed by atoms with Gasteiger partial charge in [0.25, 0.3) is 5.91 Å². The summed E-state index contributed by atoms with van der Waals surface area (Å²) in [6.45, 7) is 2.37. The second-order valence-electron chi connectivity index (χ2n) is 4.23. The molecule has 114 valence electrons. The molecule has 0 bridgehead atoms. The molecule has 5 nitrogen and oxygen atoms in total. The second-order valence-corrected chi connectivity index (χ2v) is 6.04. The molecular formula is C14H18N2O3S2. The number of hydrogen-bond acceptors (Lipinski definition) is 6. The van der Waals surface area contributed by atoms with E-state index in [-0.39, 0.29) is 5.91 Å². The van der Waals surface area contributed by atoms with Crippen LogP contribution in [0.3, 0.4) is 0 Å². The highest BCUT2D eigenvalue weighted by molar-refractivity contribution is 7.20. The Hall–Kier alpha value is -1.28. The summed E-state index contributed by atoms with van der Waals surface area (Å²) >= 11 is 3.11. The smallest absolute Gasteiger partial charge is 0.270 e. The van der Waals surface area contributed by atoms with Crippen LogP contribution in [-0.4, -0.2) is 44.4 Å². The average Bonchev–Trinajstić information content (AvgIpc) is 3.16. The molecular weight excluding hydrogens is 308 g/mol. The number of rotatable bonds is 9. The van der Waals surface area contributed by atoms with Gasteiger partial charge in [-0.1, -0.05) is 6.07 Å². The van der Waals surface area contributed by atoms with E-state index in [9.17, 15) is 4.79 Å². The molecule has 0 spiro atoms. The van der Waals surface area contributed by atoms with Crippen molar-refractivity contribution in [3.8, 4) is 9.88 Å². The largest absolute Gasteiger partial charge is 0.382 e. The summed E-state index contributed by atoms with van der Waals surface area (Å²) in [5, 5.41) is 7.52. The summed E-state index contributed by atoms with van der Waals surface area (Å²) in [6.07, 6.45) is 0.775. The Labute approximate surface area is 131 Å². The molecule has 0 aromatic carbocycles. The maximum absolute atomic E-state index is 11.9. The van der Waals surface area contributed by atoms with Crippen molar-refractivity contribution in [3.63, 3.8) is 0 Å². The highest BCUT2D eigenvalue weighted by Gasteiger charge is 2.11. The molecule has 0 fully saturated rings. The molecule has 1 N–H and O–H groups in total. The Kier molecular flexibility index (Phi) is 6.81. The molecule has 0 radical (unpaired) electrons. The number of thiazole rings is 1. The Morgan fingerprint density at radius 1 is 1.33 bits per heavy atom. The van der Waals surface area contributed by atoms with Crippen LogP contribution in [0, 0.1) is 0 Å². The van der Waals surface area contributed by atoms with Crippen LogP contribution in [0.25, 0.3) is 9.88 Å². The molecule has 21 heavy (non-hydrogen) atoms. The third-order valence-corrected chi connectivity index (χ3v) is 4.53. The molecule has 0 unspecified atom stereocenters. The minimum atomic E-state index is -0.133. The van der Waals surface area contributed by atoms with Crippen LogP contribution < -0.4 is 5.32 Å². The van der Waals surface area contributed by atoms with Crippen molar-refractivity contribution in [3.05, 3.63) is 28.6 Å². The number of hydrogen-bond donors (Lipinski definition) is 1. The second kappa shape index (κ2) is 8.89. The van der Waals surface area contributed by atoms with Crippen LogP contribution >= 0.6 is 22.7 Å². The highest BCUT2D eigenvalue weighted by Crippen LogP contribution is 2.27. The molecule has 0 saturated heterocycles. The van der Waals surface area contributed by atoms with Gasteiger partial charge in [-0.25, -0.2) is 4.98 Å². The van der Waals surface area contributed by atoms with Gasteiger partial charge in [-0.05, 0) is 17.9 Å². The van der Waals surface area contributed by atoms with E-state index in [0.29, 0.717) is 32.1 Å². The van der Waals surface area contributed by atoms with Crippen molar-refractivity contribution in [2.24, 2.45) is 0 Å². The van der Waals surface area contributed by atoms with Gasteiger partial charge in [-0.3, -0.25) is 4.79 Å². The van der Waals surface area contributed by atoms with Crippen LogP contribution in [0.2, 0.25) is 0 Å². The van der Waals surface area contributed by atoms with Crippen LogP contribution in [0.1, 0.15) is 16.9 Å². The fourth-order valence-corrected chi connectivity index (χ4v) is 3.22. The van der Waals surface area contributed by atoms with Crippen molar-refractivity contribution >= 4 is 28.6 Å². The molecule has 7 heteroatoms. The SMILES string of the molecule is COCCOCCCNC(=O)c1csc(-c2cccs2)n1. The summed E-state index contributed by atoms with van der Waals surface area (Å²) in [5.74, 6) is -0.133. The lowest BCUT2D eigenvalue weighted by Gasteiger charge is -2.04. The molecule has 1 amide bonds. The molecule has 0 aliphatic carbocycles. The van der Waals surface area contributed by atoms with Gasteiger partial charge in [0.2, 0.25) is 0 Å². The van der Waals surface area contributed by atoms with Crippen LogP contribution in [0.5, 0.6) is 0 Å². The lowest BCUT2D eigenvalue weighted by Crippen LogP contribution is -2.25. The minimum absolute atomic E-state index is 0.133. The third-order valence-electron chi connectivity index (χ3n) is 2.65. The zero-order valence-electron chi connectivity index (χ0n) is 11.8. The summed E-state index contributed by atoms with van der Waals surface area (Å²) in [5.41, 5.74) is 0.476. The number of aromatic nitrogens is 1. The van der Waals surface area contributed by atoms with Gasteiger partial charge in [-0.15, -0.1) is 22.7 Å². The normalized spacial score (nSPS) is 10.7. The Morgan fingerprint density at radius 3 is 3.00 bits per heavy atom. The number of nitrogens with one attached hydrogen (secondary N) is 1. The summed E-state index contributed by atoms with van der Waals surface area (Å²) < 4.78 is 10.2. The molecule has 0 aliphatic rings. The van der Waals surface area contributed by atoms with Gasteiger partial charge >= 0.3 is 0 Å². The number of ether oxygens (including phenoxy) is 2. The molecule has 2 aromatic rings. The van der Waals surface area contributed by atoms with Crippen LogP contribution in [0.15, 0.2) is 22.9 Å². The average molecular weight is 326 g/mol. The summed E-state index contributed by atoms with van der Waals surface area (Å²) in [4.78, 5) is 17.4. The first-order valence-corrected chi connectivity index (χ1v) is 8.41. The van der Waals surface area contributed by atoms with Crippen molar-refractivity contribution < 1.29 is 14.3 Å². The number of carbonyl (C=O) groups is 1. The molecule has 0 aliphatic heterocycles. The number of carbonyl (C=O) groups excluding carboxylic acids is 1. The Balaban J connectivity index is 1.69. The van der Waals surface area contributed by atoms with Gasteiger partial charge < -0.3 is 14.8 Å². The van der Waals surface area contributed by atoms with Gasteiger partial charge in [-0.2, -0.15) is 0 Å². The van der Waals surface area contributed by atoms with E-state index >= 15 is 0 Å². The van der Waals surface area contributed by atoms with Crippen LogP contribution in [-0.2, 0) is 9.47 Å². The minimum Gasteiger partial charge on any atom is -0.382 e. The maximum atomic E-state index is 11.9. The van der Waals surface area contributed by atoms with Crippen molar-refractivity contribution in [2.75, 3.05) is 33.5 Å². The first kappa shape index (κ1) is 16.1. The monoisotopic (exact) mass is 326 g/mol. The molecule has 2 aromatic heterocycles. The third kappa shape index (κ3) is 5.20. The summed E-state index contributed by atoms with van der Waals surface area (Å²) in [7, 11) is 1.64. The topological polar surface area (TPSA) is 60.5 Å². The Morgan fingerprint density at radius 2 is 2.24 bits per heavy atom. The fraction of sp³-hybridized carbons (Fsp3) is 0.429. The zero-order chi connectivity index (χ0) is 14.9. The number of nitrogens with zero attached hydrogens (tertiary/aromatic N) is 1. The van der Waals surface area contributed by atoms with Gasteiger partial charge in [0.1, 0.15) is 10.7 Å². The van der Waals surface area contributed by atoms with Crippen molar-refractivity contribution in [1.82, 2.24) is 10.3 Å². The zero-order valence-corrected chi connectivity index (χ0v) is 13.5. The van der Waals surface area contributed by atoms with E-state index in [0.717, 1.165) is 16.3 Å². The van der Waals surface area contributed by atoms with E-state index in [1.54, 1.807) is 23.8 Å². The fourth-order valence-electron chi connectivity index (χ4n) is 1.60. The molecule has 2 heterocycles. The first-order valence-electron chi connectivity index (χ1n) is 6.65. The van der Waals surface area contributed by atoms with Gasteiger partial charge in [0, 0.05) is 25.6 Å². The van der Waals surface area contributed by atoms with Crippen LogP contribution in [0.4, 0.5) is 0 Å². The van der Waals surface area contributed by atoms with Gasteiger partial charge in [0.15, 0.2) is 0 Å². The lowest BCUT2D eigenvalue weighted by atomic mass is 10.4. The maximum Gasteiger partial charge on any atom is 0.270 e. The predicted molar refractivity (Wildman–Crippen MR) is 85.1 cm³/mol. The molecule has 0 atom stereocenters. The van der Waals surface area contributed by atoms with Crippen molar-refractivity contribution in [1.29, 1.82) is 0 Å². The van der Waals surface area contributed by atoms with E-state index in [4.69, 9.17) is 9.47 Å². The van der Waals surface area contributed by atoms with Crippen molar-refractivity contribution in [2.45, 2.75) is 6.42 Å². The van der Waals surface area contributed by atoms with E-state index < -0.39 is 0 Å². The highest BCUT2D eigenvalue weighted by atomic mass is 32.1.